The van der Waals surface area contributed by atoms with Crippen LogP contribution in [0.3, 0.4) is 0 Å². The largest absolute Gasteiger partial charge is 0.376 e. The van der Waals surface area contributed by atoms with Crippen molar-refractivity contribution in [2.75, 3.05) is 54.5 Å². The number of nitrogens with two attached hydrogens (primary N) is 1. The second-order valence-electron chi connectivity index (χ2n) is 10.5. The topological polar surface area (TPSA) is 112 Å². The molecule has 0 bridgehead atoms. The summed E-state index contributed by atoms with van der Waals surface area (Å²) in [6, 6.07) is 6.60. The van der Waals surface area contributed by atoms with Gasteiger partial charge in [0.05, 0.1) is 30.3 Å². The highest BCUT2D eigenvalue weighted by molar-refractivity contribution is 7.13. The van der Waals surface area contributed by atoms with Crippen molar-refractivity contribution in [2.45, 2.75) is 31.9 Å². The first-order chi connectivity index (χ1) is 18.0. The van der Waals surface area contributed by atoms with E-state index in [-0.39, 0.29) is 17.6 Å². The highest BCUT2D eigenvalue weighted by Crippen LogP contribution is 2.43. The summed E-state index contributed by atoms with van der Waals surface area (Å²) >= 11 is 1.65. The Labute approximate surface area is 219 Å². The average Bonchev–Trinajstić information content (AvgIpc) is 3.67. The summed E-state index contributed by atoms with van der Waals surface area (Å²) in [6.45, 7) is 6.35. The summed E-state index contributed by atoms with van der Waals surface area (Å²) in [6.07, 6.45) is 5.87. The van der Waals surface area contributed by atoms with Gasteiger partial charge in [-0.25, -0.2) is 15.0 Å². The maximum atomic E-state index is 6.50. The van der Waals surface area contributed by atoms with Gasteiger partial charge in [-0.1, -0.05) is 0 Å². The first kappa shape index (κ1) is 22.9. The van der Waals surface area contributed by atoms with Crippen LogP contribution in [-0.2, 0) is 4.74 Å². The van der Waals surface area contributed by atoms with Gasteiger partial charge in [0.25, 0.3) is 0 Å². The van der Waals surface area contributed by atoms with E-state index in [4.69, 9.17) is 20.4 Å². The van der Waals surface area contributed by atoms with E-state index < -0.39 is 0 Å². The molecular weight excluding hydrogens is 486 g/mol. The molecule has 0 aliphatic carbocycles. The van der Waals surface area contributed by atoms with E-state index in [1.165, 1.54) is 0 Å². The van der Waals surface area contributed by atoms with Crippen LogP contribution in [0.15, 0.2) is 36.0 Å². The third-order valence-electron chi connectivity index (χ3n) is 8.44. The number of piperidine rings is 1. The third kappa shape index (κ3) is 3.67. The molecule has 2 atom stereocenters. The van der Waals surface area contributed by atoms with Gasteiger partial charge < -0.3 is 25.2 Å². The van der Waals surface area contributed by atoms with Crippen molar-refractivity contribution in [1.29, 1.82) is 0 Å². The molecule has 2 saturated heterocycles. The molecule has 1 spiro atoms. The van der Waals surface area contributed by atoms with Crippen molar-refractivity contribution in [3.8, 4) is 10.6 Å². The number of likely N-dealkylation sites (N-methyl/N-ethyl adjacent to an activating group) is 1. The van der Waals surface area contributed by atoms with Gasteiger partial charge in [0.15, 0.2) is 17.0 Å². The second-order valence-corrected chi connectivity index (χ2v) is 11.4. The fraction of sp³-hybridized carbons (Fsp3) is 0.462. The van der Waals surface area contributed by atoms with Gasteiger partial charge in [0.1, 0.15) is 10.8 Å². The van der Waals surface area contributed by atoms with Crippen LogP contribution in [0, 0.1) is 5.41 Å². The summed E-state index contributed by atoms with van der Waals surface area (Å²) in [5.41, 5.74) is 11.5. The van der Waals surface area contributed by atoms with E-state index in [2.05, 4.69) is 62.1 Å². The van der Waals surface area contributed by atoms with Crippen LogP contribution in [0.2, 0.25) is 0 Å². The SMILES string of the molecule is C[C@@H]1OCC2(CCN(c3cnc4c(N5CCN(C)c6cc(-c7nccs7)ccc65)n[nH]c4n3)CC2)[C@@H]1N. The normalized spacial score (nSPS) is 23.3. The lowest BCUT2D eigenvalue weighted by Gasteiger charge is -2.41. The van der Waals surface area contributed by atoms with Crippen molar-refractivity contribution in [1.82, 2.24) is 25.1 Å². The molecule has 3 aromatic heterocycles. The van der Waals surface area contributed by atoms with Gasteiger partial charge in [0, 0.05) is 61.8 Å². The number of hydrogen-bond donors (Lipinski definition) is 2. The van der Waals surface area contributed by atoms with Crippen LogP contribution in [0.5, 0.6) is 0 Å². The van der Waals surface area contributed by atoms with Crippen molar-refractivity contribution >= 4 is 45.5 Å². The Balaban J connectivity index is 1.15. The predicted molar refractivity (Wildman–Crippen MR) is 147 cm³/mol. The maximum absolute atomic E-state index is 6.50. The van der Waals surface area contributed by atoms with Gasteiger partial charge in [-0.2, -0.15) is 5.10 Å². The van der Waals surface area contributed by atoms with E-state index >= 15 is 0 Å². The number of H-pyrrole nitrogens is 1. The molecule has 0 saturated carbocycles. The minimum Gasteiger partial charge on any atom is -0.376 e. The number of fused-ring (bicyclic) bond motifs is 2. The first-order valence-corrected chi connectivity index (χ1v) is 13.8. The highest BCUT2D eigenvalue weighted by atomic mass is 32.1. The molecule has 7 rings (SSSR count). The van der Waals surface area contributed by atoms with E-state index in [0.29, 0.717) is 5.65 Å². The number of aromatic amines is 1. The molecule has 3 N–H and O–H groups in total. The lowest BCUT2D eigenvalue weighted by molar-refractivity contribution is 0.0974. The van der Waals surface area contributed by atoms with Crippen molar-refractivity contribution in [3.05, 3.63) is 36.0 Å². The summed E-state index contributed by atoms with van der Waals surface area (Å²) in [5.74, 6) is 1.69. The minimum absolute atomic E-state index is 0.0862. The number of aromatic nitrogens is 5. The number of nitrogens with zero attached hydrogens (tertiary/aromatic N) is 7. The smallest absolute Gasteiger partial charge is 0.183 e. The van der Waals surface area contributed by atoms with Crippen LogP contribution < -0.4 is 20.4 Å². The standard InChI is InChI=1S/C26H31N9OS/c1-16-22(27)26(15-36-16)5-8-34(9-6-26)20-14-29-21-23(30-20)31-32-24(21)35-11-10-33(2)19-13-17(3-4-18(19)35)25-28-7-12-37-25/h3-4,7,12-14,16,22H,5-6,8-11,15,27H2,1-2H3,(H,30,31,32)/t16-,22+/m0/s1. The van der Waals surface area contributed by atoms with Crippen LogP contribution in [0.4, 0.5) is 23.0 Å². The predicted octanol–water partition coefficient (Wildman–Crippen LogP) is 3.40. The molecule has 10 nitrogen and oxygen atoms in total. The van der Waals surface area contributed by atoms with E-state index in [9.17, 15) is 0 Å². The number of rotatable bonds is 3. The summed E-state index contributed by atoms with van der Waals surface area (Å²) in [4.78, 5) is 21.1. The van der Waals surface area contributed by atoms with Crippen LogP contribution >= 0.6 is 11.3 Å². The Bertz CT molecular complexity index is 1430. The summed E-state index contributed by atoms with van der Waals surface area (Å²) in [7, 11) is 2.13. The van der Waals surface area contributed by atoms with Crippen LogP contribution in [0.1, 0.15) is 19.8 Å². The lowest BCUT2D eigenvalue weighted by Crippen LogP contribution is -2.50. The average molecular weight is 518 g/mol. The van der Waals surface area contributed by atoms with Crippen molar-refractivity contribution in [3.63, 3.8) is 0 Å². The zero-order chi connectivity index (χ0) is 25.1. The molecule has 0 unspecified atom stereocenters. The van der Waals surface area contributed by atoms with Gasteiger partial charge in [-0.15, -0.1) is 11.3 Å². The Kier molecular flexibility index (Phi) is 5.34. The molecular formula is C26H31N9OS. The Morgan fingerprint density at radius 3 is 2.76 bits per heavy atom. The molecule has 0 radical (unpaired) electrons. The summed E-state index contributed by atoms with van der Waals surface area (Å²) < 4.78 is 5.88. The molecule has 37 heavy (non-hydrogen) atoms. The third-order valence-corrected chi connectivity index (χ3v) is 9.26. The minimum atomic E-state index is 0.0862. The number of nitrogens with one attached hydrogen (secondary N) is 1. The number of benzene rings is 1. The van der Waals surface area contributed by atoms with Crippen LogP contribution in [-0.4, -0.2) is 77.1 Å². The second kappa shape index (κ2) is 8.64. The van der Waals surface area contributed by atoms with Crippen LogP contribution in [0.25, 0.3) is 21.7 Å². The molecule has 192 valence electrons. The number of anilines is 4. The highest BCUT2D eigenvalue weighted by Gasteiger charge is 2.47. The van der Waals surface area contributed by atoms with Gasteiger partial charge >= 0.3 is 0 Å². The van der Waals surface area contributed by atoms with E-state index in [1.54, 1.807) is 11.3 Å². The number of thiazole rings is 1. The van der Waals surface area contributed by atoms with Crippen molar-refractivity contribution < 1.29 is 4.74 Å². The zero-order valence-corrected chi connectivity index (χ0v) is 21.9. The van der Waals surface area contributed by atoms with E-state index in [0.717, 1.165) is 84.7 Å². The van der Waals surface area contributed by atoms with Gasteiger partial charge in [-0.05, 0) is 38.0 Å². The molecule has 3 aliphatic rings. The molecule has 6 heterocycles. The molecule has 2 fully saturated rings. The molecule has 1 aromatic carbocycles. The van der Waals surface area contributed by atoms with Crippen molar-refractivity contribution in [2.24, 2.45) is 11.1 Å². The summed E-state index contributed by atoms with van der Waals surface area (Å²) in [5, 5.41) is 10.9. The lowest BCUT2D eigenvalue weighted by atomic mass is 9.73. The molecule has 4 aromatic rings. The van der Waals surface area contributed by atoms with Gasteiger partial charge in [0.2, 0.25) is 0 Å². The Hall–Kier alpha value is -3.28. The fourth-order valence-corrected chi connectivity index (χ4v) is 6.68. The zero-order valence-electron chi connectivity index (χ0n) is 21.1. The van der Waals surface area contributed by atoms with E-state index in [1.807, 2.05) is 17.8 Å². The molecule has 11 heteroatoms. The molecule has 0 amide bonds. The Morgan fingerprint density at radius 1 is 1.14 bits per heavy atom. The van der Waals surface area contributed by atoms with Gasteiger partial charge in [-0.3, -0.25) is 5.10 Å². The first-order valence-electron chi connectivity index (χ1n) is 12.9. The number of hydrogen-bond acceptors (Lipinski definition) is 10. The molecule has 3 aliphatic heterocycles. The quantitative estimate of drug-likeness (QED) is 0.422. The number of ether oxygens (including phenoxy) is 1. The maximum Gasteiger partial charge on any atom is 0.183 e. The Morgan fingerprint density at radius 2 is 2.00 bits per heavy atom. The fourth-order valence-electron chi connectivity index (χ4n) is 6.04. The monoisotopic (exact) mass is 517 g/mol.